The number of benzene rings is 1. The monoisotopic (exact) mass is 397 g/mol. The van der Waals surface area contributed by atoms with Crippen LogP contribution < -0.4 is 5.32 Å². The number of anilines is 1. The predicted molar refractivity (Wildman–Crippen MR) is 107 cm³/mol. The summed E-state index contributed by atoms with van der Waals surface area (Å²) in [5.74, 6) is 2.49. The van der Waals surface area contributed by atoms with E-state index in [2.05, 4.69) is 37.4 Å². The predicted octanol–water partition coefficient (Wildman–Crippen LogP) is 4.01. The zero-order valence-corrected chi connectivity index (χ0v) is 16.8. The standard InChI is InChI=1S/C20H23N5O2S/c1-3-16(19(26)21-17-11-13(2)27-24-17)28-20-23-22-18(15-9-10-15)25(20)12-14-7-5-4-6-8-14/h4-8,11,15-16H,3,9-10,12H2,1-2H3,(H,21,24,26). The summed E-state index contributed by atoms with van der Waals surface area (Å²) in [6.07, 6.45) is 2.98. The molecule has 1 aliphatic carbocycles. The van der Waals surface area contributed by atoms with Crippen molar-refractivity contribution in [2.75, 3.05) is 5.32 Å². The molecule has 2 heterocycles. The number of carbonyl (C=O) groups excluding carboxylic acids is 1. The number of amides is 1. The molecule has 2 aromatic heterocycles. The molecule has 28 heavy (non-hydrogen) atoms. The van der Waals surface area contributed by atoms with Gasteiger partial charge < -0.3 is 14.4 Å². The molecule has 146 valence electrons. The van der Waals surface area contributed by atoms with E-state index in [9.17, 15) is 4.79 Å². The summed E-state index contributed by atoms with van der Waals surface area (Å²) in [4.78, 5) is 12.7. The van der Waals surface area contributed by atoms with Gasteiger partial charge in [-0.3, -0.25) is 4.79 Å². The van der Waals surface area contributed by atoms with Crippen molar-refractivity contribution in [2.45, 2.75) is 56.0 Å². The molecular formula is C20H23N5O2S. The van der Waals surface area contributed by atoms with Crippen molar-refractivity contribution in [1.82, 2.24) is 19.9 Å². The largest absolute Gasteiger partial charge is 0.360 e. The number of hydrogen-bond acceptors (Lipinski definition) is 6. The molecule has 1 fully saturated rings. The summed E-state index contributed by atoms with van der Waals surface area (Å²) in [7, 11) is 0. The fourth-order valence-electron chi connectivity index (χ4n) is 3.03. The van der Waals surface area contributed by atoms with E-state index in [-0.39, 0.29) is 11.2 Å². The van der Waals surface area contributed by atoms with Crippen LogP contribution in [-0.4, -0.2) is 31.1 Å². The third-order valence-electron chi connectivity index (χ3n) is 4.66. The second-order valence-electron chi connectivity index (χ2n) is 7.01. The average molecular weight is 398 g/mol. The lowest BCUT2D eigenvalue weighted by Crippen LogP contribution is -2.25. The number of rotatable bonds is 8. The van der Waals surface area contributed by atoms with Crippen LogP contribution in [0.2, 0.25) is 0 Å². The van der Waals surface area contributed by atoms with Gasteiger partial charge in [0.25, 0.3) is 0 Å². The minimum Gasteiger partial charge on any atom is -0.360 e. The lowest BCUT2D eigenvalue weighted by molar-refractivity contribution is -0.115. The Morgan fingerprint density at radius 3 is 2.75 bits per heavy atom. The topological polar surface area (TPSA) is 85.8 Å². The highest BCUT2D eigenvalue weighted by Gasteiger charge is 2.31. The van der Waals surface area contributed by atoms with Crippen LogP contribution in [-0.2, 0) is 11.3 Å². The van der Waals surface area contributed by atoms with Crippen LogP contribution in [0.5, 0.6) is 0 Å². The first-order valence-electron chi connectivity index (χ1n) is 9.52. The van der Waals surface area contributed by atoms with E-state index in [1.54, 1.807) is 13.0 Å². The van der Waals surface area contributed by atoms with Crippen LogP contribution in [0.25, 0.3) is 0 Å². The smallest absolute Gasteiger partial charge is 0.239 e. The van der Waals surface area contributed by atoms with E-state index in [0.29, 0.717) is 30.5 Å². The summed E-state index contributed by atoms with van der Waals surface area (Å²) in [5.41, 5.74) is 1.20. The molecular weight excluding hydrogens is 374 g/mol. The van der Waals surface area contributed by atoms with Gasteiger partial charge in [0.05, 0.1) is 11.8 Å². The summed E-state index contributed by atoms with van der Waals surface area (Å²) in [6, 6.07) is 12.0. The Balaban J connectivity index is 1.53. The highest BCUT2D eigenvalue weighted by Crippen LogP contribution is 2.40. The maximum absolute atomic E-state index is 12.7. The Morgan fingerprint density at radius 2 is 2.11 bits per heavy atom. The average Bonchev–Trinajstić information content (AvgIpc) is 3.35. The number of nitrogens with one attached hydrogen (secondary N) is 1. The van der Waals surface area contributed by atoms with Crippen molar-refractivity contribution >= 4 is 23.5 Å². The summed E-state index contributed by atoms with van der Waals surface area (Å²) in [5, 5.41) is 16.0. The fraction of sp³-hybridized carbons (Fsp3) is 0.400. The molecule has 1 aliphatic rings. The molecule has 0 bridgehead atoms. The van der Waals surface area contributed by atoms with E-state index in [1.807, 2.05) is 25.1 Å². The molecule has 3 aromatic rings. The van der Waals surface area contributed by atoms with Crippen molar-refractivity contribution in [1.29, 1.82) is 0 Å². The minimum absolute atomic E-state index is 0.108. The van der Waals surface area contributed by atoms with Gasteiger partial charge in [0.15, 0.2) is 11.0 Å². The zero-order valence-electron chi connectivity index (χ0n) is 16.0. The van der Waals surface area contributed by atoms with Gasteiger partial charge in [-0.25, -0.2) is 0 Å². The summed E-state index contributed by atoms with van der Waals surface area (Å²) < 4.78 is 7.18. The van der Waals surface area contributed by atoms with E-state index in [1.165, 1.54) is 17.3 Å². The van der Waals surface area contributed by atoms with Crippen molar-refractivity contribution < 1.29 is 9.32 Å². The third kappa shape index (κ3) is 4.27. The van der Waals surface area contributed by atoms with E-state index < -0.39 is 0 Å². The lowest BCUT2D eigenvalue weighted by atomic mass is 10.2. The van der Waals surface area contributed by atoms with Crippen molar-refractivity contribution in [3.05, 3.63) is 53.5 Å². The van der Waals surface area contributed by atoms with Gasteiger partial charge in [0.1, 0.15) is 11.6 Å². The Morgan fingerprint density at radius 1 is 1.32 bits per heavy atom. The maximum Gasteiger partial charge on any atom is 0.239 e. The Kier molecular flexibility index (Phi) is 5.47. The lowest BCUT2D eigenvalue weighted by Gasteiger charge is -2.15. The minimum atomic E-state index is -0.289. The molecule has 1 N–H and O–H groups in total. The summed E-state index contributed by atoms with van der Waals surface area (Å²) in [6.45, 7) is 4.49. The number of thioether (sulfide) groups is 1. The molecule has 0 aliphatic heterocycles. The number of aromatic nitrogens is 4. The zero-order chi connectivity index (χ0) is 19.5. The van der Waals surface area contributed by atoms with Crippen molar-refractivity contribution in [3.63, 3.8) is 0 Å². The SMILES string of the molecule is CCC(Sc1nnc(C2CC2)n1Cc1ccccc1)C(=O)Nc1cc(C)on1. The first-order valence-corrected chi connectivity index (χ1v) is 10.4. The number of hydrogen-bond donors (Lipinski definition) is 1. The first kappa shape index (κ1) is 18.7. The van der Waals surface area contributed by atoms with Crippen LogP contribution in [0.3, 0.4) is 0 Å². The fourth-order valence-corrected chi connectivity index (χ4v) is 3.99. The second kappa shape index (κ2) is 8.18. The van der Waals surface area contributed by atoms with Crippen LogP contribution in [0.4, 0.5) is 5.82 Å². The molecule has 0 radical (unpaired) electrons. The Labute approximate surface area is 167 Å². The van der Waals surface area contributed by atoms with E-state index in [4.69, 9.17) is 4.52 Å². The van der Waals surface area contributed by atoms with Crippen LogP contribution in [0.15, 0.2) is 46.1 Å². The molecule has 1 aromatic carbocycles. The van der Waals surface area contributed by atoms with Crippen LogP contribution >= 0.6 is 11.8 Å². The molecule has 7 nitrogen and oxygen atoms in total. The van der Waals surface area contributed by atoms with Gasteiger partial charge in [0.2, 0.25) is 5.91 Å². The molecule has 1 unspecified atom stereocenters. The first-order chi connectivity index (χ1) is 13.6. The van der Waals surface area contributed by atoms with Gasteiger partial charge in [0, 0.05) is 12.0 Å². The quantitative estimate of drug-likeness (QED) is 0.578. The third-order valence-corrected chi connectivity index (χ3v) is 6.01. The molecule has 1 atom stereocenters. The van der Waals surface area contributed by atoms with E-state index >= 15 is 0 Å². The van der Waals surface area contributed by atoms with Gasteiger partial charge in [-0.05, 0) is 31.7 Å². The highest BCUT2D eigenvalue weighted by atomic mass is 32.2. The van der Waals surface area contributed by atoms with Gasteiger partial charge in [-0.1, -0.05) is 54.2 Å². The second-order valence-corrected chi connectivity index (χ2v) is 8.18. The van der Waals surface area contributed by atoms with Gasteiger partial charge in [-0.2, -0.15) is 0 Å². The Bertz CT molecular complexity index is 949. The number of nitrogens with zero attached hydrogens (tertiary/aromatic N) is 4. The molecule has 4 rings (SSSR count). The summed E-state index contributed by atoms with van der Waals surface area (Å²) >= 11 is 1.45. The van der Waals surface area contributed by atoms with Crippen molar-refractivity contribution in [3.8, 4) is 0 Å². The molecule has 0 spiro atoms. The van der Waals surface area contributed by atoms with Crippen LogP contribution in [0, 0.1) is 6.92 Å². The van der Waals surface area contributed by atoms with Gasteiger partial charge >= 0.3 is 0 Å². The molecule has 0 saturated heterocycles. The van der Waals surface area contributed by atoms with Gasteiger partial charge in [-0.15, -0.1) is 10.2 Å². The molecule has 8 heteroatoms. The molecule has 1 saturated carbocycles. The normalized spacial score (nSPS) is 14.8. The van der Waals surface area contributed by atoms with E-state index in [0.717, 1.165) is 23.8 Å². The highest BCUT2D eigenvalue weighted by molar-refractivity contribution is 8.00. The van der Waals surface area contributed by atoms with Crippen LogP contribution in [0.1, 0.15) is 49.3 Å². The number of aryl methyl sites for hydroxylation is 1. The van der Waals surface area contributed by atoms with Crippen molar-refractivity contribution in [2.24, 2.45) is 0 Å². The Hall–Kier alpha value is -2.61. The molecule has 1 amide bonds. The number of carbonyl (C=O) groups is 1. The maximum atomic E-state index is 12.7.